The summed E-state index contributed by atoms with van der Waals surface area (Å²) in [6, 6.07) is 1.75. The second kappa shape index (κ2) is 3.63. The van der Waals surface area contributed by atoms with Gasteiger partial charge in [0.25, 0.3) is 0 Å². The van der Waals surface area contributed by atoms with Crippen molar-refractivity contribution < 1.29 is 9.47 Å². The second-order valence-corrected chi connectivity index (χ2v) is 2.78. The molecule has 2 aromatic rings. The topological polar surface area (TPSA) is 60.0 Å². The Kier molecular flexibility index (Phi) is 2.32. The zero-order chi connectivity index (χ0) is 9.97. The second-order valence-electron chi connectivity index (χ2n) is 2.78. The maximum absolute atomic E-state index is 5.48. The highest BCUT2D eigenvalue weighted by Crippen LogP contribution is 2.21. The van der Waals surface area contributed by atoms with Gasteiger partial charge in [0.15, 0.2) is 24.0 Å². The summed E-state index contributed by atoms with van der Waals surface area (Å²) in [5.41, 5.74) is 1.32. The minimum atomic E-state index is -0.302. The largest absolute Gasteiger partial charge is 0.463 e. The standard InChI is InChI=1S/C9H10N3O2/c1-6(13-2)14-7-3-4-10-9-8(7)11-5-12-9/h3-4,6H,1-2H3,(H,10,11,12). The van der Waals surface area contributed by atoms with Gasteiger partial charge in [0, 0.05) is 19.4 Å². The van der Waals surface area contributed by atoms with Crippen LogP contribution >= 0.6 is 0 Å². The van der Waals surface area contributed by atoms with Gasteiger partial charge in [-0.1, -0.05) is 0 Å². The van der Waals surface area contributed by atoms with Crippen molar-refractivity contribution >= 4 is 11.2 Å². The predicted octanol–water partition coefficient (Wildman–Crippen LogP) is 1.13. The van der Waals surface area contributed by atoms with Crippen molar-refractivity contribution in [2.75, 3.05) is 7.11 Å². The van der Waals surface area contributed by atoms with E-state index in [1.165, 1.54) is 0 Å². The van der Waals surface area contributed by atoms with Crippen LogP contribution in [-0.4, -0.2) is 28.4 Å². The number of nitrogens with one attached hydrogen (secondary N) is 1. The van der Waals surface area contributed by atoms with Crippen molar-refractivity contribution in [3.63, 3.8) is 0 Å². The molecule has 2 aromatic heterocycles. The van der Waals surface area contributed by atoms with Crippen LogP contribution in [0.5, 0.6) is 5.75 Å². The molecule has 1 radical (unpaired) electrons. The summed E-state index contributed by atoms with van der Waals surface area (Å²) in [7, 11) is 1.59. The Morgan fingerprint density at radius 2 is 2.43 bits per heavy atom. The number of hydrogen-bond donors (Lipinski definition) is 1. The van der Waals surface area contributed by atoms with E-state index >= 15 is 0 Å². The molecule has 2 rings (SSSR count). The van der Waals surface area contributed by atoms with Gasteiger partial charge in [-0.25, -0.2) is 9.97 Å². The van der Waals surface area contributed by atoms with Crippen molar-refractivity contribution in [1.82, 2.24) is 15.0 Å². The monoisotopic (exact) mass is 192 g/mol. The maximum Gasteiger partial charge on any atom is 0.196 e. The molecule has 5 nitrogen and oxygen atoms in total. The average Bonchev–Trinajstić information content (AvgIpc) is 2.66. The Hall–Kier alpha value is -1.62. The first-order valence-electron chi connectivity index (χ1n) is 4.21. The first-order valence-corrected chi connectivity index (χ1v) is 4.21. The maximum atomic E-state index is 5.48. The minimum Gasteiger partial charge on any atom is -0.463 e. The van der Waals surface area contributed by atoms with Gasteiger partial charge >= 0.3 is 0 Å². The Labute approximate surface area is 81.1 Å². The Morgan fingerprint density at radius 1 is 1.57 bits per heavy atom. The van der Waals surface area contributed by atoms with Crippen LogP contribution in [0.2, 0.25) is 0 Å². The van der Waals surface area contributed by atoms with E-state index in [0.29, 0.717) is 11.4 Å². The molecule has 0 amide bonds. The highest BCUT2D eigenvalue weighted by atomic mass is 16.7. The Balaban J connectivity index is 2.36. The summed E-state index contributed by atoms with van der Waals surface area (Å²) in [5.74, 6) is 0.665. The number of fused-ring (bicyclic) bond motifs is 1. The van der Waals surface area contributed by atoms with Crippen LogP contribution in [0.1, 0.15) is 6.92 Å². The highest BCUT2D eigenvalue weighted by Gasteiger charge is 2.08. The van der Waals surface area contributed by atoms with Gasteiger partial charge in [-0.15, -0.1) is 0 Å². The average molecular weight is 192 g/mol. The fourth-order valence-electron chi connectivity index (χ4n) is 1.10. The van der Waals surface area contributed by atoms with E-state index < -0.39 is 0 Å². The van der Waals surface area contributed by atoms with E-state index in [4.69, 9.17) is 9.47 Å². The van der Waals surface area contributed by atoms with Crippen LogP contribution < -0.4 is 4.74 Å². The molecule has 0 bridgehead atoms. The summed E-state index contributed by atoms with van der Waals surface area (Å²) >= 11 is 0. The van der Waals surface area contributed by atoms with E-state index in [1.54, 1.807) is 19.4 Å². The number of aromatic nitrogens is 3. The molecule has 1 atom stereocenters. The van der Waals surface area contributed by atoms with Crippen molar-refractivity contribution in [2.45, 2.75) is 13.2 Å². The normalized spacial score (nSPS) is 13.0. The van der Waals surface area contributed by atoms with E-state index in [9.17, 15) is 0 Å². The molecule has 73 valence electrons. The number of imidazole rings is 1. The molecule has 0 fully saturated rings. The van der Waals surface area contributed by atoms with E-state index in [0.717, 1.165) is 5.52 Å². The molecule has 0 saturated carbocycles. The molecule has 0 saturated heterocycles. The smallest absolute Gasteiger partial charge is 0.196 e. The van der Waals surface area contributed by atoms with Gasteiger partial charge in [-0.05, 0) is 6.92 Å². The molecule has 1 N–H and O–H groups in total. The van der Waals surface area contributed by atoms with Crippen LogP contribution in [0.4, 0.5) is 0 Å². The molecule has 0 aromatic carbocycles. The van der Waals surface area contributed by atoms with E-state index in [2.05, 4.69) is 21.3 Å². The number of aromatic amines is 1. The molecule has 5 heteroatoms. The van der Waals surface area contributed by atoms with Crippen molar-refractivity contribution in [2.24, 2.45) is 0 Å². The van der Waals surface area contributed by atoms with Crippen molar-refractivity contribution in [1.29, 1.82) is 0 Å². The van der Waals surface area contributed by atoms with Crippen LogP contribution in [-0.2, 0) is 4.74 Å². The highest BCUT2D eigenvalue weighted by molar-refractivity contribution is 5.76. The van der Waals surface area contributed by atoms with Crippen LogP contribution in [0, 0.1) is 6.33 Å². The van der Waals surface area contributed by atoms with Gasteiger partial charge in [0.05, 0.1) is 0 Å². The minimum absolute atomic E-state index is 0.302. The van der Waals surface area contributed by atoms with Crippen molar-refractivity contribution in [3.8, 4) is 5.75 Å². The third kappa shape index (κ3) is 1.54. The van der Waals surface area contributed by atoms with Gasteiger partial charge in [0.1, 0.15) is 5.52 Å². The van der Waals surface area contributed by atoms with E-state index in [1.807, 2.05) is 6.92 Å². The predicted molar refractivity (Wildman–Crippen MR) is 49.8 cm³/mol. The number of nitrogens with zero attached hydrogens (tertiary/aromatic N) is 2. The molecular weight excluding hydrogens is 182 g/mol. The third-order valence-electron chi connectivity index (χ3n) is 1.86. The fourth-order valence-corrected chi connectivity index (χ4v) is 1.10. The first kappa shape index (κ1) is 8.96. The van der Waals surface area contributed by atoms with E-state index in [-0.39, 0.29) is 6.29 Å². The lowest BCUT2D eigenvalue weighted by Crippen LogP contribution is -2.13. The zero-order valence-electron chi connectivity index (χ0n) is 7.94. The molecule has 2 heterocycles. The number of hydrogen-bond acceptors (Lipinski definition) is 4. The summed E-state index contributed by atoms with van der Waals surface area (Å²) in [6.07, 6.45) is 3.94. The van der Waals surface area contributed by atoms with Crippen LogP contribution in [0.15, 0.2) is 12.3 Å². The summed E-state index contributed by atoms with van der Waals surface area (Å²) in [5, 5.41) is 0. The number of H-pyrrole nitrogens is 1. The quantitative estimate of drug-likeness (QED) is 0.740. The summed E-state index contributed by atoms with van der Waals surface area (Å²) < 4.78 is 10.5. The lowest BCUT2D eigenvalue weighted by Gasteiger charge is -2.12. The summed E-state index contributed by atoms with van der Waals surface area (Å²) in [4.78, 5) is 10.8. The van der Waals surface area contributed by atoms with Crippen molar-refractivity contribution in [3.05, 3.63) is 18.6 Å². The first-order chi connectivity index (χ1) is 6.81. The molecule has 0 aliphatic carbocycles. The number of rotatable bonds is 3. The van der Waals surface area contributed by atoms with Crippen LogP contribution in [0.3, 0.4) is 0 Å². The third-order valence-corrected chi connectivity index (χ3v) is 1.86. The fraction of sp³-hybridized carbons (Fsp3) is 0.333. The number of pyridine rings is 1. The molecule has 0 spiro atoms. The molecule has 0 aliphatic rings. The Morgan fingerprint density at radius 3 is 3.21 bits per heavy atom. The summed E-state index contributed by atoms with van der Waals surface area (Å²) in [6.45, 7) is 1.81. The zero-order valence-corrected chi connectivity index (χ0v) is 7.94. The molecule has 14 heavy (non-hydrogen) atoms. The van der Waals surface area contributed by atoms with Crippen LogP contribution in [0.25, 0.3) is 11.2 Å². The van der Waals surface area contributed by atoms with Gasteiger partial charge in [-0.3, -0.25) is 0 Å². The molecular formula is C9H10N3O2. The SMILES string of the molecule is COC(C)Oc1ccnc2n[c][nH]c12. The van der Waals surface area contributed by atoms with Gasteiger partial charge < -0.3 is 14.5 Å². The van der Waals surface area contributed by atoms with Gasteiger partial charge in [-0.2, -0.15) is 0 Å². The lowest BCUT2D eigenvalue weighted by atomic mass is 10.4. The lowest BCUT2D eigenvalue weighted by molar-refractivity contribution is -0.0374. The number of ether oxygens (including phenoxy) is 2. The number of methoxy groups -OCH3 is 1. The molecule has 0 aliphatic heterocycles. The Bertz CT molecular complexity index is 427. The molecule has 1 unspecified atom stereocenters. The van der Waals surface area contributed by atoms with Gasteiger partial charge in [0.2, 0.25) is 0 Å².